The molecule has 116 valence electrons. The first kappa shape index (κ1) is 15.2. The third-order valence-corrected chi connectivity index (χ3v) is 6.99. The highest BCUT2D eigenvalue weighted by Crippen LogP contribution is 2.43. The van der Waals surface area contributed by atoms with E-state index in [0.717, 1.165) is 31.7 Å². The highest BCUT2D eigenvalue weighted by molar-refractivity contribution is 7.80. The van der Waals surface area contributed by atoms with Gasteiger partial charge >= 0.3 is 0 Å². The van der Waals surface area contributed by atoms with Gasteiger partial charge in [0.1, 0.15) is 0 Å². The Bertz CT molecular complexity index is 329. The molecule has 2 nitrogen and oxygen atoms in total. The zero-order chi connectivity index (χ0) is 14.1. The second kappa shape index (κ2) is 6.18. The summed E-state index contributed by atoms with van der Waals surface area (Å²) < 4.78 is 0. The number of thiol groups is 1. The van der Waals surface area contributed by atoms with Crippen molar-refractivity contribution in [2.75, 3.05) is 25.4 Å². The van der Waals surface area contributed by atoms with Gasteiger partial charge in [0.15, 0.2) is 0 Å². The zero-order valence-electron chi connectivity index (χ0n) is 12.8. The summed E-state index contributed by atoms with van der Waals surface area (Å²) in [5.74, 6) is 1.57. The molecule has 0 radical (unpaired) electrons. The van der Waals surface area contributed by atoms with Crippen LogP contribution in [-0.2, 0) is 0 Å². The number of hydrogen-bond donors (Lipinski definition) is 2. The van der Waals surface area contributed by atoms with Crippen LogP contribution in [0.4, 0.5) is 0 Å². The Morgan fingerprint density at radius 3 is 2.50 bits per heavy atom. The number of fused-ring (bicyclic) bond motifs is 1. The van der Waals surface area contributed by atoms with Crippen molar-refractivity contribution in [2.24, 2.45) is 11.3 Å². The van der Waals surface area contributed by atoms with Crippen LogP contribution in [0.2, 0.25) is 0 Å². The Hall–Kier alpha value is 0.270. The standard InChI is InChI=1S/C17H31NOS/c19-17-9-5-2-6-15(17)12-18(11-10-17)13-16(14-20)7-3-1-4-8-16/h15,19-20H,1-14H2. The molecule has 1 heterocycles. The van der Waals surface area contributed by atoms with Crippen LogP contribution in [0.15, 0.2) is 0 Å². The third kappa shape index (κ3) is 3.05. The van der Waals surface area contributed by atoms with Gasteiger partial charge in [-0.3, -0.25) is 0 Å². The second-order valence-corrected chi connectivity index (χ2v) is 8.07. The van der Waals surface area contributed by atoms with Gasteiger partial charge in [-0.15, -0.1) is 0 Å². The molecule has 20 heavy (non-hydrogen) atoms. The Kier molecular flexibility index (Phi) is 4.69. The summed E-state index contributed by atoms with van der Waals surface area (Å²) in [6.07, 6.45) is 12.8. The molecule has 3 heteroatoms. The zero-order valence-corrected chi connectivity index (χ0v) is 13.7. The highest BCUT2D eigenvalue weighted by Gasteiger charge is 2.44. The molecule has 0 aromatic rings. The molecular weight excluding hydrogens is 266 g/mol. The summed E-state index contributed by atoms with van der Waals surface area (Å²) in [6.45, 7) is 3.46. The van der Waals surface area contributed by atoms with E-state index in [4.69, 9.17) is 0 Å². The van der Waals surface area contributed by atoms with Gasteiger partial charge in [0.2, 0.25) is 0 Å². The molecule has 0 spiro atoms. The lowest BCUT2D eigenvalue weighted by atomic mass is 9.70. The van der Waals surface area contributed by atoms with Crippen molar-refractivity contribution in [3.05, 3.63) is 0 Å². The summed E-state index contributed by atoms with van der Waals surface area (Å²) in [6, 6.07) is 0. The van der Waals surface area contributed by atoms with Crippen LogP contribution in [-0.4, -0.2) is 41.0 Å². The molecule has 1 saturated heterocycles. The molecule has 3 rings (SSSR count). The van der Waals surface area contributed by atoms with Gasteiger partial charge < -0.3 is 10.0 Å². The van der Waals surface area contributed by atoms with Crippen molar-refractivity contribution in [1.29, 1.82) is 0 Å². The van der Waals surface area contributed by atoms with Crippen LogP contribution in [0.3, 0.4) is 0 Å². The largest absolute Gasteiger partial charge is 0.390 e. The van der Waals surface area contributed by atoms with Crippen molar-refractivity contribution >= 4 is 12.6 Å². The minimum absolute atomic E-state index is 0.324. The fraction of sp³-hybridized carbons (Fsp3) is 1.00. The van der Waals surface area contributed by atoms with E-state index >= 15 is 0 Å². The normalized spacial score (nSPS) is 38.4. The van der Waals surface area contributed by atoms with Gasteiger partial charge in [0.25, 0.3) is 0 Å². The number of rotatable bonds is 3. The molecule has 0 amide bonds. The Morgan fingerprint density at radius 2 is 1.75 bits per heavy atom. The predicted molar refractivity (Wildman–Crippen MR) is 87.3 cm³/mol. The van der Waals surface area contributed by atoms with Crippen molar-refractivity contribution in [3.63, 3.8) is 0 Å². The van der Waals surface area contributed by atoms with E-state index in [-0.39, 0.29) is 5.60 Å². The maximum atomic E-state index is 10.8. The fourth-order valence-corrected chi connectivity index (χ4v) is 5.34. The van der Waals surface area contributed by atoms with Crippen LogP contribution in [0.5, 0.6) is 0 Å². The fourth-order valence-electron chi connectivity index (χ4n) is 4.93. The first-order chi connectivity index (χ1) is 9.66. The molecule has 3 fully saturated rings. The molecule has 1 N–H and O–H groups in total. The SMILES string of the molecule is OC12CCCCC1CN(CC1(CS)CCCCC1)CC2. The maximum Gasteiger partial charge on any atom is 0.0700 e. The summed E-state index contributed by atoms with van der Waals surface area (Å²) in [5.41, 5.74) is 0.140. The van der Waals surface area contributed by atoms with E-state index in [1.807, 2.05) is 0 Å². The van der Waals surface area contributed by atoms with E-state index in [0.29, 0.717) is 11.3 Å². The lowest BCUT2D eigenvalue weighted by Gasteiger charge is -2.50. The molecular formula is C17H31NOS. The van der Waals surface area contributed by atoms with Crippen LogP contribution in [0.25, 0.3) is 0 Å². The molecule has 2 unspecified atom stereocenters. The first-order valence-electron chi connectivity index (χ1n) is 8.72. The summed E-state index contributed by atoms with van der Waals surface area (Å²) in [7, 11) is 0. The minimum Gasteiger partial charge on any atom is -0.390 e. The van der Waals surface area contributed by atoms with E-state index in [1.54, 1.807) is 0 Å². The molecule has 0 bridgehead atoms. The van der Waals surface area contributed by atoms with E-state index in [9.17, 15) is 5.11 Å². The molecule has 2 atom stereocenters. The lowest BCUT2D eigenvalue weighted by Crippen LogP contribution is -2.55. The van der Waals surface area contributed by atoms with Gasteiger partial charge in [-0.25, -0.2) is 0 Å². The Morgan fingerprint density at radius 1 is 1.00 bits per heavy atom. The number of nitrogens with zero attached hydrogens (tertiary/aromatic N) is 1. The molecule has 1 aliphatic heterocycles. The van der Waals surface area contributed by atoms with Gasteiger partial charge in [0.05, 0.1) is 5.60 Å². The van der Waals surface area contributed by atoms with Crippen molar-refractivity contribution in [1.82, 2.24) is 4.90 Å². The number of aliphatic hydroxyl groups is 1. The predicted octanol–water partition coefficient (Wildman–Crippen LogP) is 3.49. The first-order valence-corrected chi connectivity index (χ1v) is 9.35. The smallest absolute Gasteiger partial charge is 0.0700 e. The van der Waals surface area contributed by atoms with Crippen LogP contribution in [0, 0.1) is 11.3 Å². The molecule has 0 aromatic carbocycles. The summed E-state index contributed by atoms with van der Waals surface area (Å²) in [4.78, 5) is 2.66. The monoisotopic (exact) mass is 297 g/mol. The average molecular weight is 298 g/mol. The third-order valence-electron chi connectivity index (χ3n) is 6.32. The number of piperidine rings is 1. The van der Waals surface area contributed by atoms with Crippen LogP contribution < -0.4 is 0 Å². The summed E-state index contributed by atoms with van der Waals surface area (Å²) in [5, 5.41) is 10.8. The number of likely N-dealkylation sites (tertiary alicyclic amines) is 1. The second-order valence-electron chi connectivity index (χ2n) is 7.75. The molecule has 2 saturated carbocycles. The minimum atomic E-state index is -0.324. The average Bonchev–Trinajstić information content (AvgIpc) is 2.48. The molecule has 2 aliphatic carbocycles. The van der Waals surface area contributed by atoms with Crippen molar-refractivity contribution in [2.45, 2.75) is 69.8 Å². The Labute approximate surface area is 129 Å². The van der Waals surface area contributed by atoms with Crippen molar-refractivity contribution in [3.8, 4) is 0 Å². The maximum absolute atomic E-state index is 10.8. The molecule has 3 aliphatic rings. The van der Waals surface area contributed by atoms with E-state index < -0.39 is 0 Å². The Balaban J connectivity index is 1.61. The van der Waals surface area contributed by atoms with E-state index in [2.05, 4.69) is 17.5 Å². The van der Waals surface area contributed by atoms with Gasteiger partial charge in [0, 0.05) is 25.6 Å². The summed E-state index contributed by atoms with van der Waals surface area (Å²) >= 11 is 4.68. The lowest BCUT2D eigenvalue weighted by molar-refractivity contribution is -0.101. The number of hydrogen-bond acceptors (Lipinski definition) is 3. The topological polar surface area (TPSA) is 23.5 Å². The van der Waals surface area contributed by atoms with E-state index in [1.165, 1.54) is 57.9 Å². The van der Waals surface area contributed by atoms with Gasteiger partial charge in [-0.2, -0.15) is 12.6 Å². The highest BCUT2D eigenvalue weighted by atomic mass is 32.1. The quantitative estimate of drug-likeness (QED) is 0.779. The van der Waals surface area contributed by atoms with Crippen LogP contribution >= 0.6 is 12.6 Å². The van der Waals surface area contributed by atoms with Crippen LogP contribution in [0.1, 0.15) is 64.2 Å². The van der Waals surface area contributed by atoms with Gasteiger partial charge in [-0.05, 0) is 43.3 Å². The van der Waals surface area contributed by atoms with Gasteiger partial charge in [-0.1, -0.05) is 32.1 Å². The molecule has 0 aromatic heterocycles. The van der Waals surface area contributed by atoms with Crippen molar-refractivity contribution < 1.29 is 5.11 Å².